The molecule has 0 aliphatic carbocycles. The zero-order chi connectivity index (χ0) is 25.7. The lowest BCUT2D eigenvalue weighted by Gasteiger charge is -2.18. The highest BCUT2D eigenvalue weighted by atomic mass is 16.5. The predicted molar refractivity (Wildman–Crippen MR) is 149 cm³/mol. The molecule has 0 aliphatic rings. The predicted octanol–water partition coefficient (Wildman–Crippen LogP) is 7.01. The molecule has 6 rings (SSSR count). The van der Waals surface area contributed by atoms with Crippen LogP contribution in [0.25, 0.3) is 56.2 Å². The number of rotatable bonds is 6. The highest BCUT2D eigenvalue weighted by Crippen LogP contribution is 2.43. The molecular weight excluding hydrogens is 470 g/mol. The number of benzene rings is 1. The van der Waals surface area contributed by atoms with Crippen molar-refractivity contribution in [1.29, 1.82) is 0 Å². The maximum atomic E-state index is 5.99. The lowest BCUT2D eigenvalue weighted by Crippen LogP contribution is -1.96. The van der Waals surface area contributed by atoms with Gasteiger partial charge in [-0.3, -0.25) is 19.9 Å². The molecule has 6 heteroatoms. The smallest absolute Gasteiger partial charge is 0.134 e. The van der Waals surface area contributed by atoms with E-state index >= 15 is 0 Å². The van der Waals surface area contributed by atoms with Crippen LogP contribution in [0, 0.1) is 0 Å². The van der Waals surface area contributed by atoms with Crippen molar-refractivity contribution in [3.8, 4) is 61.9 Å². The van der Waals surface area contributed by atoms with Crippen molar-refractivity contribution in [3.05, 3.63) is 122 Å². The van der Waals surface area contributed by atoms with E-state index in [4.69, 9.17) is 9.72 Å². The van der Waals surface area contributed by atoms with Gasteiger partial charge in [0.1, 0.15) is 5.75 Å². The van der Waals surface area contributed by atoms with Gasteiger partial charge in [-0.25, -0.2) is 4.98 Å². The molecular formula is C32H23N5O. The number of hydrogen-bond donors (Lipinski definition) is 0. The topological polar surface area (TPSA) is 73.7 Å². The lowest BCUT2D eigenvalue weighted by molar-refractivity contribution is 0.418. The van der Waals surface area contributed by atoms with Crippen LogP contribution in [-0.2, 0) is 0 Å². The Morgan fingerprint density at radius 1 is 0.474 bits per heavy atom. The molecule has 182 valence electrons. The molecule has 0 saturated carbocycles. The Bertz CT molecular complexity index is 1560. The van der Waals surface area contributed by atoms with Gasteiger partial charge >= 0.3 is 0 Å². The molecule has 1 aromatic carbocycles. The zero-order valence-electron chi connectivity index (χ0n) is 20.7. The quantitative estimate of drug-likeness (QED) is 0.249. The van der Waals surface area contributed by atoms with Crippen LogP contribution in [0.2, 0.25) is 0 Å². The van der Waals surface area contributed by atoms with Crippen LogP contribution >= 0.6 is 0 Å². The van der Waals surface area contributed by atoms with Gasteiger partial charge in [0.15, 0.2) is 0 Å². The van der Waals surface area contributed by atoms with Crippen LogP contribution in [0.3, 0.4) is 0 Å². The Hall–Kier alpha value is -5.23. The molecule has 0 fully saturated rings. The molecule has 0 atom stereocenters. The summed E-state index contributed by atoms with van der Waals surface area (Å²) in [6.45, 7) is 0. The van der Waals surface area contributed by atoms with Gasteiger partial charge in [-0.2, -0.15) is 0 Å². The largest absolute Gasteiger partial charge is 0.495 e. The second-order valence-electron chi connectivity index (χ2n) is 8.63. The van der Waals surface area contributed by atoms with Crippen LogP contribution in [0.5, 0.6) is 5.75 Å². The Kier molecular flexibility index (Phi) is 6.35. The molecule has 0 N–H and O–H groups in total. The maximum absolute atomic E-state index is 5.99. The summed E-state index contributed by atoms with van der Waals surface area (Å²) in [6, 6.07) is 28.1. The van der Waals surface area contributed by atoms with Crippen molar-refractivity contribution < 1.29 is 4.74 Å². The Morgan fingerprint density at radius 3 is 1.37 bits per heavy atom. The number of methoxy groups -OCH3 is 1. The van der Waals surface area contributed by atoms with Gasteiger partial charge < -0.3 is 4.74 Å². The molecule has 0 amide bonds. The molecule has 5 aromatic heterocycles. The van der Waals surface area contributed by atoms with Crippen LogP contribution in [0.1, 0.15) is 0 Å². The van der Waals surface area contributed by atoms with Crippen LogP contribution in [0.4, 0.5) is 0 Å². The van der Waals surface area contributed by atoms with E-state index in [2.05, 4.69) is 44.2 Å². The maximum Gasteiger partial charge on any atom is 0.134 e. The summed E-state index contributed by atoms with van der Waals surface area (Å²) in [5, 5.41) is 0. The van der Waals surface area contributed by atoms with E-state index in [9.17, 15) is 0 Å². The number of aromatic nitrogens is 5. The number of nitrogens with zero attached hydrogens (tertiary/aromatic N) is 5. The van der Waals surface area contributed by atoms with Crippen molar-refractivity contribution in [3.63, 3.8) is 0 Å². The lowest BCUT2D eigenvalue weighted by atomic mass is 9.92. The molecule has 38 heavy (non-hydrogen) atoms. The van der Waals surface area contributed by atoms with Crippen LogP contribution in [-0.4, -0.2) is 32.0 Å². The molecule has 0 unspecified atom stereocenters. The second-order valence-corrected chi connectivity index (χ2v) is 8.63. The third kappa shape index (κ3) is 4.63. The van der Waals surface area contributed by atoms with Crippen LogP contribution < -0.4 is 4.74 Å². The Balaban J connectivity index is 1.63. The number of ether oxygens (including phenoxy) is 1. The summed E-state index contributed by atoms with van der Waals surface area (Å²) in [7, 11) is 1.70. The van der Waals surface area contributed by atoms with Gasteiger partial charge in [-0.05, 0) is 95.1 Å². The molecule has 0 aliphatic heterocycles. The van der Waals surface area contributed by atoms with Crippen LogP contribution in [0.15, 0.2) is 122 Å². The van der Waals surface area contributed by atoms with E-state index in [-0.39, 0.29) is 0 Å². The molecule has 0 radical (unpaired) electrons. The van der Waals surface area contributed by atoms with E-state index in [0.29, 0.717) is 0 Å². The standard InChI is InChI=1S/C32H23N5O/c1-38-32-26(22-8-14-33-15-9-22)18-24(19-27(32)23-10-16-34-17-11-23)25-20-30(28-6-2-4-12-35-28)37-31(21-25)29-7-3-5-13-36-29/h2-21H,1H3. The van der Waals surface area contributed by atoms with E-state index in [0.717, 1.165) is 61.9 Å². The average Bonchev–Trinajstić information content (AvgIpc) is 3.02. The molecule has 5 heterocycles. The van der Waals surface area contributed by atoms with Gasteiger partial charge in [0.05, 0.1) is 29.9 Å². The van der Waals surface area contributed by atoms with Crippen molar-refractivity contribution in [2.24, 2.45) is 0 Å². The summed E-state index contributed by atoms with van der Waals surface area (Å²) in [5.74, 6) is 0.787. The summed E-state index contributed by atoms with van der Waals surface area (Å²) in [6.07, 6.45) is 10.7. The Morgan fingerprint density at radius 2 is 0.947 bits per heavy atom. The normalized spacial score (nSPS) is 10.8. The number of hydrogen-bond acceptors (Lipinski definition) is 6. The highest BCUT2D eigenvalue weighted by molar-refractivity contribution is 5.89. The first-order valence-electron chi connectivity index (χ1n) is 12.2. The summed E-state index contributed by atoms with van der Waals surface area (Å²) >= 11 is 0. The first-order chi connectivity index (χ1) is 18.8. The monoisotopic (exact) mass is 493 g/mol. The fourth-order valence-corrected chi connectivity index (χ4v) is 4.50. The Labute approximate surface area is 220 Å². The zero-order valence-corrected chi connectivity index (χ0v) is 20.7. The SMILES string of the molecule is COc1c(-c2ccncc2)cc(-c2cc(-c3ccccn3)nc(-c3ccccn3)c2)cc1-c1ccncc1. The third-order valence-electron chi connectivity index (χ3n) is 6.29. The molecule has 0 saturated heterocycles. The molecule has 6 aromatic rings. The average molecular weight is 494 g/mol. The fourth-order valence-electron chi connectivity index (χ4n) is 4.50. The molecule has 6 nitrogen and oxygen atoms in total. The summed E-state index contributed by atoms with van der Waals surface area (Å²) < 4.78 is 5.99. The minimum Gasteiger partial charge on any atom is -0.495 e. The van der Waals surface area contributed by atoms with Gasteiger partial charge in [0.2, 0.25) is 0 Å². The minimum atomic E-state index is 0.774. The van der Waals surface area contributed by atoms with Crippen molar-refractivity contribution in [1.82, 2.24) is 24.9 Å². The van der Waals surface area contributed by atoms with Gasteiger partial charge in [-0.1, -0.05) is 12.1 Å². The summed E-state index contributed by atoms with van der Waals surface area (Å²) in [4.78, 5) is 22.5. The van der Waals surface area contributed by atoms with E-state index in [1.807, 2.05) is 60.7 Å². The molecule has 0 spiro atoms. The first-order valence-corrected chi connectivity index (χ1v) is 12.2. The minimum absolute atomic E-state index is 0.774. The first kappa shape index (κ1) is 23.2. The van der Waals surface area contributed by atoms with Crippen molar-refractivity contribution in [2.45, 2.75) is 0 Å². The van der Waals surface area contributed by atoms with Crippen molar-refractivity contribution in [2.75, 3.05) is 7.11 Å². The van der Waals surface area contributed by atoms with Gasteiger partial charge in [0, 0.05) is 48.3 Å². The number of pyridine rings is 5. The molecule has 0 bridgehead atoms. The van der Waals surface area contributed by atoms with Gasteiger partial charge in [-0.15, -0.1) is 0 Å². The van der Waals surface area contributed by atoms with E-state index in [1.54, 1.807) is 44.3 Å². The highest BCUT2D eigenvalue weighted by Gasteiger charge is 2.18. The second kappa shape index (κ2) is 10.4. The fraction of sp³-hybridized carbons (Fsp3) is 0.0312. The third-order valence-corrected chi connectivity index (χ3v) is 6.29. The van der Waals surface area contributed by atoms with Crippen molar-refractivity contribution >= 4 is 0 Å². The van der Waals surface area contributed by atoms with Gasteiger partial charge in [0.25, 0.3) is 0 Å². The van der Waals surface area contributed by atoms with E-state index < -0.39 is 0 Å². The summed E-state index contributed by atoms with van der Waals surface area (Å²) in [5.41, 5.74) is 9.11. The van der Waals surface area contributed by atoms with E-state index in [1.165, 1.54) is 0 Å².